The number of anilines is 1. The first-order valence-corrected chi connectivity index (χ1v) is 10.3. The van der Waals surface area contributed by atoms with E-state index < -0.39 is 15.9 Å². The molecule has 136 valence electrons. The molecule has 6 nitrogen and oxygen atoms in total. The van der Waals surface area contributed by atoms with Crippen LogP contribution in [0.5, 0.6) is 0 Å². The van der Waals surface area contributed by atoms with Gasteiger partial charge >= 0.3 is 0 Å². The summed E-state index contributed by atoms with van der Waals surface area (Å²) in [5.74, 6) is -0.537. The number of thiazole rings is 1. The summed E-state index contributed by atoms with van der Waals surface area (Å²) in [6.45, 7) is 7.15. The number of amides is 1. The summed E-state index contributed by atoms with van der Waals surface area (Å²) in [5.41, 5.74) is 0.470. The van der Waals surface area contributed by atoms with Crippen LogP contribution in [-0.4, -0.2) is 25.4 Å². The molecule has 2 rings (SSSR count). The van der Waals surface area contributed by atoms with Gasteiger partial charge in [0.25, 0.3) is 10.0 Å². The molecule has 0 fully saturated rings. The van der Waals surface area contributed by atoms with Crippen LogP contribution >= 0.6 is 22.9 Å². The van der Waals surface area contributed by atoms with Crippen LogP contribution in [-0.2, 0) is 14.8 Å². The Hall–Kier alpha value is -1.64. The van der Waals surface area contributed by atoms with E-state index in [1.165, 1.54) is 12.3 Å². The molecule has 1 aromatic carbocycles. The molecule has 1 aromatic heterocycles. The molecule has 1 amide bonds. The van der Waals surface area contributed by atoms with E-state index in [1.54, 1.807) is 26.0 Å². The first kappa shape index (κ1) is 19.7. The van der Waals surface area contributed by atoms with Gasteiger partial charge in [0.1, 0.15) is 0 Å². The lowest BCUT2D eigenvalue weighted by Gasteiger charge is -2.12. The number of nitrogens with zero attached hydrogens (tertiary/aromatic N) is 1. The minimum atomic E-state index is -3.81. The number of sulfonamides is 1. The van der Waals surface area contributed by atoms with Crippen LogP contribution in [0.15, 0.2) is 29.3 Å². The predicted molar refractivity (Wildman–Crippen MR) is 101 cm³/mol. The second-order valence-corrected chi connectivity index (χ2v) is 9.04. The lowest BCUT2D eigenvalue weighted by molar-refractivity contribution is -0.122. The van der Waals surface area contributed by atoms with Gasteiger partial charge in [0.15, 0.2) is 5.13 Å². The molecule has 0 aliphatic carbocycles. The van der Waals surface area contributed by atoms with Gasteiger partial charge in [0.05, 0.1) is 10.8 Å². The first-order chi connectivity index (χ1) is 11.6. The third-order valence-electron chi connectivity index (χ3n) is 3.50. The maximum Gasteiger partial charge on any atom is 0.263 e. The maximum atomic E-state index is 12.6. The van der Waals surface area contributed by atoms with Gasteiger partial charge in [-0.25, -0.2) is 13.4 Å². The lowest BCUT2D eigenvalue weighted by atomic mass is 10.1. The van der Waals surface area contributed by atoms with Crippen LogP contribution < -0.4 is 10.0 Å². The van der Waals surface area contributed by atoms with Crippen LogP contribution in [0, 0.1) is 6.92 Å². The van der Waals surface area contributed by atoms with Gasteiger partial charge in [-0.1, -0.05) is 17.7 Å². The fraction of sp³-hybridized carbons (Fsp3) is 0.375. The average Bonchev–Trinajstić information content (AvgIpc) is 2.96. The van der Waals surface area contributed by atoms with E-state index in [4.69, 9.17) is 11.6 Å². The van der Waals surface area contributed by atoms with E-state index >= 15 is 0 Å². The van der Waals surface area contributed by atoms with E-state index in [1.807, 2.05) is 13.8 Å². The molecule has 2 aromatic rings. The summed E-state index contributed by atoms with van der Waals surface area (Å²) in [5, 5.41) is 3.41. The van der Waals surface area contributed by atoms with Gasteiger partial charge < -0.3 is 5.32 Å². The normalized spacial score (nSPS) is 12.9. The Balaban J connectivity index is 2.20. The molecule has 0 bridgehead atoms. The van der Waals surface area contributed by atoms with Gasteiger partial charge in [-0.2, -0.15) is 0 Å². The Morgan fingerprint density at radius 3 is 2.60 bits per heavy atom. The molecular weight excluding hydrogens is 382 g/mol. The molecule has 0 aliphatic heterocycles. The van der Waals surface area contributed by atoms with Gasteiger partial charge in [0, 0.05) is 22.1 Å². The molecule has 1 atom stereocenters. The van der Waals surface area contributed by atoms with Crippen molar-refractivity contribution in [2.24, 2.45) is 0 Å². The highest BCUT2D eigenvalue weighted by Crippen LogP contribution is 2.29. The number of hydrogen-bond acceptors (Lipinski definition) is 5. The Morgan fingerprint density at radius 2 is 1.96 bits per heavy atom. The third-order valence-corrected chi connectivity index (χ3v) is 6.62. The van der Waals surface area contributed by atoms with Crippen molar-refractivity contribution in [3.63, 3.8) is 0 Å². The Kier molecular flexibility index (Phi) is 6.08. The molecule has 2 N–H and O–H groups in total. The molecule has 9 heteroatoms. The van der Waals surface area contributed by atoms with Crippen molar-refractivity contribution in [2.75, 3.05) is 4.72 Å². The summed E-state index contributed by atoms with van der Waals surface area (Å²) in [4.78, 5) is 16.9. The number of carbonyl (C=O) groups excluding carboxylic acids is 1. The highest BCUT2D eigenvalue weighted by molar-refractivity contribution is 7.93. The molecule has 0 radical (unpaired) electrons. The summed E-state index contributed by atoms with van der Waals surface area (Å²) in [6, 6.07) is 4.73. The summed E-state index contributed by atoms with van der Waals surface area (Å²) in [7, 11) is -3.81. The van der Waals surface area contributed by atoms with E-state index in [-0.39, 0.29) is 22.0 Å². The highest BCUT2D eigenvalue weighted by Gasteiger charge is 2.22. The third kappa shape index (κ3) is 4.71. The zero-order valence-electron chi connectivity index (χ0n) is 14.3. The van der Waals surface area contributed by atoms with Crippen molar-refractivity contribution in [1.29, 1.82) is 0 Å². The number of benzene rings is 1. The maximum absolute atomic E-state index is 12.6. The average molecular weight is 402 g/mol. The second kappa shape index (κ2) is 7.72. The van der Waals surface area contributed by atoms with Crippen molar-refractivity contribution >= 4 is 44.0 Å². The lowest BCUT2D eigenvalue weighted by Crippen LogP contribution is -2.33. The fourth-order valence-corrected chi connectivity index (χ4v) is 4.73. The molecule has 0 saturated carbocycles. The van der Waals surface area contributed by atoms with Crippen molar-refractivity contribution in [1.82, 2.24) is 10.3 Å². The Morgan fingerprint density at radius 1 is 1.28 bits per heavy atom. The largest absolute Gasteiger partial charge is 0.353 e. The minimum Gasteiger partial charge on any atom is -0.353 e. The molecular formula is C16H20ClN3O3S2. The standard InChI is InChI=1S/C16H20ClN3O3S2/c1-9(2)19-15(21)11(4)13-8-18-16(24-13)20-25(22,23)14-7-5-6-12(17)10(14)3/h5-9,11H,1-4H3,(H,18,20)(H,19,21). The molecule has 1 heterocycles. The van der Waals surface area contributed by atoms with Gasteiger partial charge in [-0.3, -0.25) is 9.52 Å². The van der Waals surface area contributed by atoms with E-state index in [2.05, 4.69) is 15.0 Å². The van der Waals surface area contributed by atoms with Crippen molar-refractivity contribution in [3.8, 4) is 0 Å². The van der Waals surface area contributed by atoms with Gasteiger partial charge in [-0.05, 0) is 45.4 Å². The van der Waals surface area contributed by atoms with E-state index in [9.17, 15) is 13.2 Å². The van der Waals surface area contributed by atoms with Gasteiger partial charge in [-0.15, -0.1) is 11.3 Å². The zero-order chi connectivity index (χ0) is 18.8. The SMILES string of the molecule is Cc1c(Cl)cccc1S(=O)(=O)Nc1ncc(C(C)C(=O)NC(C)C)s1. The van der Waals surface area contributed by atoms with Gasteiger partial charge in [0.2, 0.25) is 5.91 Å². The van der Waals surface area contributed by atoms with Crippen LogP contribution in [0.1, 0.15) is 37.1 Å². The topological polar surface area (TPSA) is 88.2 Å². The first-order valence-electron chi connectivity index (χ1n) is 7.66. The summed E-state index contributed by atoms with van der Waals surface area (Å²) < 4.78 is 27.5. The fourth-order valence-electron chi connectivity index (χ4n) is 2.12. The molecule has 0 spiro atoms. The number of rotatable bonds is 6. The molecule has 0 saturated heterocycles. The summed E-state index contributed by atoms with van der Waals surface area (Å²) >= 11 is 7.13. The van der Waals surface area contributed by atoms with Crippen molar-refractivity contribution in [3.05, 3.63) is 39.9 Å². The zero-order valence-corrected chi connectivity index (χ0v) is 16.7. The number of aromatic nitrogens is 1. The second-order valence-electron chi connectivity index (χ2n) is 5.92. The number of nitrogens with one attached hydrogen (secondary N) is 2. The van der Waals surface area contributed by atoms with Crippen LogP contribution in [0.25, 0.3) is 0 Å². The number of carbonyl (C=O) groups is 1. The Bertz CT molecular complexity index is 879. The predicted octanol–water partition coefficient (Wildman–Crippen LogP) is 3.53. The number of hydrogen-bond donors (Lipinski definition) is 2. The quantitative estimate of drug-likeness (QED) is 0.774. The van der Waals surface area contributed by atoms with Crippen LogP contribution in [0.2, 0.25) is 5.02 Å². The monoisotopic (exact) mass is 401 g/mol. The van der Waals surface area contributed by atoms with Crippen LogP contribution in [0.3, 0.4) is 0 Å². The highest BCUT2D eigenvalue weighted by atomic mass is 35.5. The van der Waals surface area contributed by atoms with E-state index in [0.29, 0.717) is 15.5 Å². The van der Waals surface area contributed by atoms with Crippen molar-refractivity contribution in [2.45, 2.75) is 44.6 Å². The number of halogens is 1. The molecule has 1 unspecified atom stereocenters. The molecule has 0 aliphatic rings. The minimum absolute atomic E-state index is 0.0339. The van der Waals surface area contributed by atoms with E-state index in [0.717, 1.165) is 11.3 Å². The van der Waals surface area contributed by atoms with Crippen LogP contribution in [0.4, 0.5) is 5.13 Å². The molecule has 25 heavy (non-hydrogen) atoms. The van der Waals surface area contributed by atoms with Crippen molar-refractivity contribution < 1.29 is 13.2 Å². The Labute approximate surface area is 156 Å². The summed E-state index contributed by atoms with van der Waals surface area (Å²) in [6.07, 6.45) is 1.51. The smallest absolute Gasteiger partial charge is 0.263 e.